The zero-order valence-corrected chi connectivity index (χ0v) is 41.8. The van der Waals surface area contributed by atoms with Gasteiger partial charge in [0.15, 0.2) is 18.2 Å². The smallest absolute Gasteiger partial charge is 0.339 e. The van der Waals surface area contributed by atoms with E-state index in [1.54, 1.807) is 30.4 Å². The van der Waals surface area contributed by atoms with Crippen molar-refractivity contribution in [3.63, 3.8) is 0 Å². The molecule has 1 aromatic carbocycles. The summed E-state index contributed by atoms with van der Waals surface area (Å²) in [7, 11) is 0. The number of ether oxygens (including phenoxy) is 6. The number of azide groups is 1. The summed E-state index contributed by atoms with van der Waals surface area (Å²) < 4.78 is 51.4. The van der Waals surface area contributed by atoms with Gasteiger partial charge in [-0.3, -0.25) is 4.79 Å². The first-order valence-electron chi connectivity index (χ1n) is 25.4. The molecule has 0 aliphatic carbocycles. The van der Waals surface area contributed by atoms with Crippen LogP contribution >= 0.6 is 0 Å². The van der Waals surface area contributed by atoms with E-state index in [-0.39, 0.29) is 5.56 Å². The van der Waals surface area contributed by atoms with Crippen LogP contribution in [0.3, 0.4) is 0 Å². The number of aliphatic hydroxyl groups excluding tert-OH is 10. The van der Waals surface area contributed by atoms with E-state index in [2.05, 4.69) is 22.3 Å². The lowest BCUT2D eigenvalue weighted by atomic mass is 9.73. The molecule has 0 bridgehead atoms. The number of nitrogens with one attached hydrogen (secondary N) is 1. The van der Waals surface area contributed by atoms with Crippen LogP contribution in [0.2, 0.25) is 0 Å². The van der Waals surface area contributed by atoms with Crippen LogP contribution in [0.25, 0.3) is 10.4 Å². The molecule has 420 valence electrons. The van der Waals surface area contributed by atoms with Crippen molar-refractivity contribution in [1.82, 2.24) is 5.32 Å². The SMILES string of the molecule is CCCCCCCCCCCCC/C=C/[C@@H](OC(=O)c1ccccc1)[C@H](CO[C@@H]1O[C@H](CO)[C@@H](O[C@@H]2O[C@H](CO)[C@H](O)[C@H]([C@H](F)[C@]3(C(=O)O)C[C@H](O)[C@@H](NC(C)=O)[C@H]([C@H](O)[C@H](O)CO)O3)[C@H]2O)[C@H](O)[C@H]1O)N=[N+]=[N-]. The molecular weight excluding hydrogens is 984 g/mol. The molecule has 1 amide bonds. The van der Waals surface area contributed by atoms with Gasteiger partial charge in [-0.25, -0.2) is 14.0 Å². The van der Waals surface area contributed by atoms with Gasteiger partial charge in [-0.15, -0.1) is 0 Å². The average molecular weight is 1060 g/mol. The number of carboxylic acids is 1. The molecule has 3 aliphatic heterocycles. The summed E-state index contributed by atoms with van der Waals surface area (Å²) in [5.74, 6) is -6.11. The normalized spacial score (nSPS) is 32.4. The van der Waals surface area contributed by atoms with E-state index in [1.807, 2.05) is 0 Å². The molecule has 0 radical (unpaired) electrons. The van der Waals surface area contributed by atoms with E-state index in [1.165, 1.54) is 57.1 Å². The number of esters is 1. The maximum atomic E-state index is 17.2. The molecule has 1 aromatic rings. The predicted octanol–water partition coefficient (Wildman–Crippen LogP) is 0.574. The Kier molecular flexibility index (Phi) is 26.4. The number of alkyl halides is 1. The fraction of sp³-hybridized carbons (Fsp3) is 0.776. The number of carbonyl (C=O) groups excluding carboxylic acids is 2. The predicted molar refractivity (Wildman–Crippen MR) is 256 cm³/mol. The minimum atomic E-state index is -3.31. The summed E-state index contributed by atoms with van der Waals surface area (Å²) in [6, 6.07) is 5.04. The molecular formula is C49H77FN4O20. The zero-order valence-electron chi connectivity index (χ0n) is 41.8. The number of nitrogens with zero attached hydrogens (tertiary/aromatic N) is 3. The number of amides is 1. The molecule has 19 atom stereocenters. The first kappa shape index (κ1) is 62.5. The number of rotatable bonds is 31. The van der Waals surface area contributed by atoms with Gasteiger partial charge >= 0.3 is 11.9 Å². The second kappa shape index (κ2) is 31.3. The zero-order chi connectivity index (χ0) is 54.5. The van der Waals surface area contributed by atoms with E-state index < -0.39 is 166 Å². The number of aliphatic carboxylic acids is 1. The summed E-state index contributed by atoms with van der Waals surface area (Å²) in [4.78, 5) is 41.2. The minimum Gasteiger partial charge on any atom is -0.479 e. The highest BCUT2D eigenvalue weighted by atomic mass is 19.1. The molecule has 4 rings (SSSR count). The van der Waals surface area contributed by atoms with Gasteiger partial charge in [0.1, 0.15) is 73.3 Å². The summed E-state index contributed by atoms with van der Waals surface area (Å²) >= 11 is 0. The number of benzene rings is 1. The number of allylic oxidation sites excluding steroid dienone is 1. The summed E-state index contributed by atoms with van der Waals surface area (Å²) in [5.41, 5.74) is 6.47. The molecule has 12 N–H and O–H groups in total. The quantitative estimate of drug-likeness (QED) is 0.0121. The molecule has 3 saturated heterocycles. The second-order valence-corrected chi connectivity index (χ2v) is 19.1. The Morgan fingerprint density at radius 1 is 0.878 bits per heavy atom. The van der Waals surface area contributed by atoms with Crippen molar-refractivity contribution in [3.05, 3.63) is 58.5 Å². The standard InChI is InChI=1S/C49H77FN4O20/c1-3-4-5-6-7-8-9-10-11-12-13-14-18-21-32(70-45(66)28-19-16-15-17-20-28)29(53-54-51)26-69-46-41(65)40(64)42(34(25-57)72-46)73-47-39(63)35(38(62)33(24-56)71-47)44(50)49(48(67)68)22-30(59)36(52-27(2)58)43(74-49)37(61)31(60)23-55/h15-21,29-44,46-47,55-57,59-65H,3-14,22-26H2,1-2H3,(H,52,58)(H,67,68)/b21-18+/t29-,30-,31+,32+,33+,34+,35-,36+,37+,38-,39+,40+,41+,42+,43+,44-,46+,47-,49-/m0/s1. The Hall–Kier alpha value is -3.99. The highest BCUT2D eigenvalue weighted by molar-refractivity contribution is 5.89. The Balaban J connectivity index is 1.49. The van der Waals surface area contributed by atoms with Crippen molar-refractivity contribution >= 4 is 17.8 Å². The van der Waals surface area contributed by atoms with Crippen LogP contribution in [0.4, 0.5) is 4.39 Å². The van der Waals surface area contributed by atoms with Crippen molar-refractivity contribution < 1.29 is 103 Å². The van der Waals surface area contributed by atoms with Gasteiger partial charge in [0.05, 0.1) is 56.2 Å². The molecule has 3 heterocycles. The molecule has 0 unspecified atom stereocenters. The van der Waals surface area contributed by atoms with Gasteiger partial charge in [0.25, 0.3) is 0 Å². The molecule has 3 aliphatic rings. The molecule has 0 spiro atoms. The summed E-state index contributed by atoms with van der Waals surface area (Å²) in [6.07, 6.45) is -15.9. The lowest BCUT2D eigenvalue weighted by Crippen LogP contribution is -2.72. The van der Waals surface area contributed by atoms with Gasteiger partial charge in [0, 0.05) is 18.3 Å². The Morgan fingerprint density at radius 3 is 2.05 bits per heavy atom. The van der Waals surface area contributed by atoms with Gasteiger partial charge in [0.2, 0.25) is 5.91 Å². The van der Waals surface area contributed by atoms with Crippen LogP contribution in [0, 0.1) is 5.92 Å². The molecule has 24 nitrogen and oxygen atoms in total. The highest BCUT2D eigenvalue weighted by Crippen LogP contribution is 2.44. The average Bonchev–Trinajstić information content (AvgIpc) is 3.38. The van der Waals surface area contributed by atoms with Crippen molar-refractivity contribution in [3.8, 4) is 0 Å². The molecule has 3 fully saturated rings. The van der Waals surface area contributed by atoms with Crippen LogP contribution in [-0.2, 0) is 38.0 Å². The third kappa shape index (κ3) is 16.8. The first-order chi connectivity index (χ1) is 35.4. The van der Waals surface area contributed by atoms with Crippen molar-refractivity contribution in [1.29, 1.82) is 0 Å². The van der Waals surface area contributed by atoms with Gasteiger partial charge in [-0.2, -0.15) is 0 Å². The maximum Gasteiger partial charge on any atom is 0.339 e. The third-order valence-electron chi connectivity index (χ3n) is 13.7. The molecule has 0 saturated carbocycles. The number of halogens is 1. The Bertz CT molecular complexity index is 1920. The summed E-state index contributed by atoms with van der Waals surface area (Å²) in [5, 5.41) is 124. The van der Waals surface area contributed by atoms with E-state index in [4.69, 9.17) is 28.4 Å². The fourth-order valence-corrected chi connectivity index (χ4v) is 9.50. The number of hydrogen-bond acceptors (Lipinski definition) is 20. The largest absolute Gasteiger partial charge is 0.479 e. The molecule has 0 aromatic heterocycles. The summed E-state index contributed by atoms with van der Waals surface area (Å²) in [6.45, 7) is -0.663. The van der Waals surface area contributed by atoms with E-state index in [0.29, 0.717) is 6.42 Å². The van der Waals surface area contributed by atoms with Crippen molar-refractivity contribution in [2.24, 2.45) is 11.0 Å². The topological polar surface area (TPSA) is 390 Å². The van der Waals surface area contributed by atoms with Crippen LogP contribution < -0.4 is 5.32 Å². The number of carbonyl (C=O) groups is 3. The Labute approximate surface area is 428 Å². The van der Waals surface area contributed by atoms with Crippen molar-refractivity contribution in [2.75, 3.05) is 26.4 Å². The van der Waals surface area contributed by atoms with Crippen LogP contribution in [0.15, 0.2) is 47.6 Å². The number of unbranched alkanes of at least 4 members (excludes halogenated alkanes) is 11. The van der Waals surface area contributed by atoms with Crippen LogP contribution in [0.5, 0.6) is 0 Å². The van der Waals surface area contributed by atoms with Crippen LogP contribution in [-0.4, -0.2) is 210 Å². The maximum absolute atomic E-state index is 17.2. The van der Waals surface area contributed by atoms with E-state index in [0.717, 1.165) is 32.6 Å². The highest BCUT2D eigenvalue weighted by Gasteiger charge is 2.64. The second-order valence-electron chi connectivity index (χ2n) is 19.1. The molecule has 25 heteroatoms. The number of carboxylic acid groups (broad SMARTS) is 1. The van der Waals surface area contributed by atoms with Crippen molar-refractivity contribution in [2.45, 2.75) is 207 Å². The van der Waals surface area contributed by atoms with Gasteiger partial charge in [-0.05, 0) is 36.6 Å². The van der Waals surface area contributed by atoms with Gasteiger partial charge in [-0.1, -0.05) is 101 Å². The minimum absolute atomic E-state index is 0.200. The third-order valence-corrected chi connectivity index (χ3v) is 13.7. The van der Waals surface area contributed by atoms with Crippen LogP contribution in [0.1, 0.15) is 108 Å². The first-order valence-corrected chi connectivity index (χ1v) is 25.4. The lowest BCUT2D eigenvalue weighted by molar-refractivity contribution is -0.361. The van der Waals surface area contributed by atoms with Gasteiger partial charge < -0.3 is 89.9 Å². The number of aliphatic hydroxyl groups is 10. The molecule has 74 heavy (non-hydrogen) atoms. The fourth-order valence-electron chi connectivity index (χ4n) is 9.50. The monoisotopic (exact) mass is 1060 g/mol. The Morgan fingerprint density at radius 2 is 1.49 bits per heavy atom. The van der Waals surface area contributed by atoms with E-state index in [9.17, 15) is 76.1 Å². The lowest BCUT2D eigenvalue weighted by Gasteiger charge is -2.52. The number of hydrogen-bond donors (Lipinski definition) is 12. The van der Waals surface area contributed by atoms with E-state index >= 15 is 4.39 Å².